The highest BCUT2D eigenvalue weighted by Gasteiger charge is 2.46. The molecule has 6 nitrogen and oxygen atoms in total. The van der Waals surface area contributed by atoms with Crippen LogP contribution in [0.5, 0.6) is 0 Å². The summed E-state index contributed by atoms with van der Waals surface area (Å²) in [6.45, 7) is 2.90. The molecule has 0 saturated carbocycles. The Morgan fingerprint density at radius 2 is 1.85 bits per heavy atom. The van der Waals surface area contributed by atoms with Crippen molar-refractivity contribution in [3.63, 3.8) is 0 Å². The van der Waals surface area contributed by atoms with Crippen LogP contribution in [-0.4, -0.2) is 40.4 Å². The summed E-state index contributed by atoms with van der Waals surface area (Å²) in [5, 5.41) is 10.3. The molecule has 140 valence electrons. The molecule has 0 spiro atoms. The Morgan fingerprint density at radius 1 is 1.11 bits per heavy atom. The van der Waals surface area contributed by atoms with Gasteiger partial charge in [-0.25, -0.2) is 12.4 Å². The first kappa shape index (κ1) is 17.8. The van der Waals surface area contributed by atoms with E-state index in [0.717, 1.165) is 10.9 Å². The Morgan fingerprint density at radius 3 is 2.48 bits per heavy atom. The monoisotopic (exact) mass is 384 g/mol. The first-order valence-corrected chi connectivity index (χ1v) is 10.2. The van der Waals surface area contributed by atoms with Crippen LogP contribution in [0.3, 0.4) is 0 Å². The summed E-state index contributed by atoms with van der Waals surface area (Å²) in [6.07, 6.45) is 2.17. The summed E-state index contributed by atoms with van der Waals surface area (Å²) in [5.41, 5.74) is 0.650. The molecular formula is C20H20N2O4S. The van der Waals surface area contributed by atoms with Crippen molar-refractivity contribution in [1.82, 2.24) is 8.87 Å². The molecule has 2 aromatic carbocycles. The van der Waals surface area contributed by atoms with Gasteiger partial charge in [0.1, 0.15) is 5.54 Å². The van der Waals surface area contributed by atoms with Crippen LogP contribution in [0, 0.1) is 0 Å². The summed E-state index contributed by atoms with van der Waals surface area (Å²) < 4.78 is 27.2. The van der Waals surface area contributed by atoms with Crippen molar-refractivity contribution < 1.29 is 18.3 Å². The Bertz CT molecular complexity index is 1120. The van der Waals surface area contributed by atoms with Crippen molar-refractivity contribution in [2.75, 3.05) is 6.54 Å². The molecule has 7 heteroatoms. The quantitative estimate of drug-likeness (QED) is 0.732. The molecule has 1 atom stereocenters. The largest absolute Gasteiger partial charge is 0.480 e. The second-order valence-corrected chi connectivity index (χ2v) is 8.85. The predicted octanol–water partition coefficient (Wildman–Crippen LogP) is 2.93. The lowest BCUT2D eigenvalue weighted by atomic mass is 9.86. The predicted molar refractivity (Wildman–Crippen MR) is 102 cm³/mol. The highest BCUT2D eigenvalue weighted by Crippen LogP contribution is 2.34. The Hall–Kier alpha value is -2.64. The minimum absolute atomic E-state index is 0.231. The third-order valence-corrected chi connectivity index (χ3v) is 7.18. The molecule has 1 aromatic heterocycles. The van der Waals surface area contributed by atoms with Gasteiger partial charge in [-0.2, -0.15) is 0 Å². The van der Waals surface area contributed by atoms with Crippen LogP contribution >= 0.6 is 0 Å². The average Bonchev–Trinajstić information content (AvgIpc) is 3.10. The molecule has 27 heavy (non-hydrogen) atoms. The van der Waals surface area contributed by atoms with Crippen LogP contribution in [0.1, 0.15) is 18.9 Å². The zero-order valence-corrected chi connectivity index (χ0v) is 15.7. The van der Waals surface area contributed by atoms with E-state index in [2.05, 4.69) is 0 Å². The van der Waals surface area contributed by atoms with Crippen molar-refractivity contribution in [3.8, 4) is 0 Å². The zero-order chi connectivity index (χ0) is 19.2. The van der Waals surface area contributed by atoms with Gasteiger partial charge in [0.25, 0.3) is 10.0 Å². The number of hydrogen-bond acceptors (Lipinski definition) is 4. The van der Waals surface area contributed by atoms with Crippen molar-refractivity contribution in [2.45, 2.75) is 30.3 Å². The number of carboxylic acids is 1. The van der Waals surface area contributed by atoms with Crippen LogP contribution in [0.25, 0.3) is 10.9 Å². The van der Waals surface area contributed by atoms with Gasteiger partial charge >= 0.3 is 5.97 Å². The van der Waals surface area contributed by atoms with E-state index >= 15 is 0 Å². The number of fused-ring (bicyclic) bond motifs is 1. The summed E-state index contributed by atoms with van der Waals surface area (Å²) in [5.74, 6) is -0.829. The van der Waals surface area contributed by atoms with Crippen LogP contribution in [-0.2, 0) is 21.4 Å². The molecule has 1 fully saturated rings. The summed E-state index contributed by atoms with van der Waals surface area (Å²) >= 11 is 0. The molecule has 4 rings (SSSR count). The Balaban J connectivity index is 1.74. The minimum Gasteiger partial charge on any atom is -0.480 e. The zero-order valence-electron chi connectivity index (χ0n) is 14.9. The second kappa shape index (κ2) is 6.21. The molecule has 1 aliphatic rings. The molecule has 0 unspecified atom stereocenters. The fourth-order valence-corrected chi connectivity index (χ4v) is 4.93. The first-order valence-electron chi connectivity index (χ1n) is 8.72. The molecule has 1 N–H and O–H groups in total. The van der Waals surface area contributed by atoms with Crippen molar-refractivity contribution in [3.05, 3.63) is 66.4 Å². The standard InChI is InChI=1S/C20H20N2O4S/c1-20(19(23)24)11-13-21(20)14-15-6-5-9-18-17(15)10-12-22(18)27(25,26)16-7-3-2-4-8-16/h2-10,12H,11,13-14H2,1H3,(H,23,24)/t20-/m0/s1. The fourth-order valence-electron chi connectivity index (χ4n) is 3.57. The van der Waals surface area contributed by atoms with Crippen LogP contribution in [0.15, 0.2) is 65.7 Å². The third kappa shape index (κ3) is 2.74. The van der Waals surface area contributed by atoms with E-state index in [9.17, 15) is 18.3 Å². The number of aliphatic carboxylic acids is 1. The maximum absolute atomic E-state index is 13.0. The average molecular weight is 384 g/mol. The van der Waals surface area contributed by atoms with Gasteiger partial charge in [-0.1, -0.05) is 30.3 Å². The van der Waals surface area contributed by atoms with Gasteiger partial charge in [-0.15, -0.1) is 0 Å². The second-order valence-electron chi connectivity index (χ2n) is 7.03. The SMILES string of the molecule is C[C@@]1(C(=O)O)CCN1Cc1cccc2c1ccn2S(=O)(=O)c1ccccc1. The number of hydrogen-bond donors (Lipinski definition) is 1. The summed E-state index contributed by atoms with van der Waals surface area (Å²) in [4.78, 5) is 13.7. The molecule has 0 aliphatic carbocycles. The van der Waals surface area contributed by atoms with E-state index in [1.165, 1.54) is 3.97 Å². The number of likely N-dealkylation sites (tertiary alicyclic amines) is 1. The molecule has 2 heterocycles. The maximum Gasteiger partial charge on any atom is 0.323 e. The molecule has 3 aromatic rings. The van der Waals surface area contributed by atoms with E-state index in [1.54, 1.807) is 55.6 Å². The molecule has 1 saturated heterocycles. The van der Waals surface area contributed by atoms with E-state index in [0.29, 0.717) is 25.0 Å². The number of rotatable bonds is 5. The van der Waals surface area contributed by atoms with Crippen LogP contribution < -0.4 is 0 Å². The smallest absolute Gasteiger partial charge is 0.323 e. The lowest BCUT2D eigenvalue weighted by molar-refractivity contribution is -0.160. The van der Waals surface area contributed by atoms with Gasteiger partial charge in [0.2, 0.25) is 0 Å². The molecular weight excluding hydrogens is 364 g/mol. The fraction of sp³-hybridized carbons (Fsp3) is 0.250. The lowest BCUT2D eigenvalue weighted by Gasteiger charge is -2.47. The van der Waals surface area contributed by atoms with Crippen molar-refractivity contribution in [1.29, 1.82) is 0 Å². The number of nitrogens with zero attached hydrogens (tertiary/aromatic N) is 2. The van der Waals surface area contributed by atoms with Gasteiger partial charge in [0.05, 0.1) is 10.4 Å². The van der Waals surface area contributed by atoms with E-state index in [1.807, 2.05) is 17.0 Å². The summed E-state index contributed by atoms with van der Waals surface area (Å²) in [6, 6.07) is 15.6. The van der Waals surface area contributed by atoms with E-state index < -0.39 is 21.5 Å². The number of aromatic nitrogens is 1. The van der Waals surface area contributed by atoms with Gasteiger partial charge < -0.3 is 5.11 Å². The molecule has 0 radical (unpaired) electrons. The number of carbonyl (C=O) groups is 1. The molecule has 0 bridgehead atoms. The van der Waals surface area contributed by atoms with Crippen LogP contribution in [0.4, 0.5) is 0 Å². The Labute approximate surface area is 157 Å². The van der Waals surface area contributed by atoms with Gasteiger partial charge in [0, 0.05) is 24.7 Å². The molecule has 1 aliphatic heterocycles. The highest BCUT2D eigenvalue weighted by atomic mass is 32.2. The van der Waals surface area contributed by atoms with Crippen molar-refractivity contribution >= 4 is 26.9 Å². The molecule has 0 amide bonds. The van der Waals surface area contributed by atoms with Gasteiger partial charge in [-0.05, 0) is 43.2 Å². The highest BCUT2D eigenvalue weighted by molar-refractivity contribution is 7.90. The lowest BCUT2D eigenvalue weighted by Crippen LogP contribution is -2.61. The normalized spacial score (nSPS) is 20.5. The number of carboxylic acid groups (broad SMARTS) is 1. The minimum atomic E-state index is -3.69. The Kier molecular flexibility index (Phi) is 4.09. The van der Waals surface area contributed by atoms with E-state index in [4.69, 9.17) is 0 Å². The third-order valence-electron chi connectivity index (χ3n) is 5.48. The topological polar surface area (TPSA) is 79.6 Å². The van der Waals surface area contributed by atoms with Gasteiger partial charge in [0.15, 0.2) is 0 Å². The first-order chi connectivity index (χ1) is 12.8. The summed E-state index contributed by atoms with van der Waals surface area (Å²) in [7, 11) is -3.69. The van der Waals surface area contributed by atoms with E-state index in [-0.39, 0.29) is 4.90 Å². The van der Waals surface area contributed by atoms with Crippen LogP contribution in [0.2, 0.25) is 0 Å². The van der Waals surface area contributed by atoms with Gasteiger partial charge in [-0.3, -0.25) is 9.69 Å². The van der Waals surface area contributed by atoms with Crippen molar-refractivity contribution in [2.24, 2.45) is 0 Å². The maximum atomic E-state index is 13.0. The number of benzene rings is 2.